The average molecular weight is 256 g/mol. The third kappa shape index (κ3) is 3.71. The largest absolute Gasteiger partial charge is 0.330 e. The Morgan fingerprint density at radius 2 is 2.06 bits per heavy atom. The molecule has 0 fully saturated rings. The Morgan fingerprint density at radius 3 is 2.59 bits per heavy atom. The summed E-state index contributed by atoms with van der Waals surface area (Å²) in [6.45, 7) is 2.72. The molecule has 0 spiro atoms. The van der Waals surface area contributed by atoms with Crippen LogP contribution < -0.4 is 10.0 Å². The van der Waals surface area contributed by atoms with Crippen LogP contribution in [0.1, 0.15) is 24.8 Å². The van der Waals surface area contributed by atoms with Crippen LogP contribution in [0.2, 0.25) is 0 Å². The van der Waals surface area contributed by atoms with Gasteiger partial charge in [-0.2, -0.15) is 0 Å². The molecular weight excluding hydrogens is 236 g/mol. The van der Waals surface area contributed by atoms with Gasteiger partial charge in [-0.3, -0.25) is 4.31 Å². The normalized spacial score (nSPS) is 13.4. The highest BCUT2D eigenvalue weighted by atomic mass is 32.2. The van der Waals surface area contributed by atoms with Gasteiger partial charge < -0.3 is 5.73 Å². The first-order chi connectivity index (χ1) is 7.86. The number of anilines is 1. The van der Waals surface area contributed by atoms with Gasteiger partial charge in [-0.15, -0.1) is 0 Å². The molecule has 96 valence electrons. The van der Waals surface area contributed by atoms with Gasteiger partial charge in [0.15, 0.2) is 0 Å². The van der Waals surface area contributed by atoms with Crippen molar-refractivity contribution in [3.05, 3.63) is 29.8 Å². The van der Waals surface area contributed by atoms with E-state index in [9.17, 15) is 8.42 Å². The predicted octanol–water partition coefficient (Wildman–Crippen LogP) is 1.53. The number of hydrogen-bond acceptors (Lipinski definition) is 3. The van der Waals surface area contributed by atoms with Gasteiger partial charge in [0.05, 0.1) is 11.9 Å². The van der Waals surface area contributed by atoms with Gasteiger partial charge in [-0.1, -0.05) is 19.1 Å². The molecule has 0 saturated carbocycles. The molecule has 1 atom stereocenters. The lowest BCUT2D eigenvalue weighted by molar-refractivity contribution is 0.600. The predicted molar refractivity (Wildman–Crippen MR) is 71.8 cm³/mol. The van der Waals surface area contributed by atoms with E-state index in [0.29, 0.717) is 18.2 Å². The maximum Gasteiger partial charge on any atom is 0.231 e. The van der Waals surface area contributed by atoms with E-state index in [0.717, 1.165) is 12.0 Å². The second-order valence-corrected chi connectivity index (χ2v) is 6.32. The van der Waals surface area contributed by atoms with E-state index in [1.165, 1.54) is 10.6 Å². The molecule has 0 amide bonds. The molecule has 0 heterocycles. The summed E-state index contributed by atoms with van der Waals surface area (Å²) in [5, 5.41) is 0. The molecule has 5 heteroatoms. The quantitative estimate of drug-likeness (QED) is 0.869. The Hall–Kier alpha value is -1.07. The van der Waals surface area contributed by atoms with Crippen molar-refractivity contribution in [1.82, 2.24) is 0 Å². The van der Waals surface area contributed by atoms with Crippen LogP contribution >= 0.6 is 0 Å². The minimum atomic E-state index is -3.20. The summed E-state index contributed by atoms with van der Waals surface area (Å²) in [6, 6.07) is 7.57. The molecule has 1 aromatic carbocycles. The van der Waals surface area contributed by atoms with Crippen LogP contribution in [0.4, 0.5) is 5.69 Å². The zero-order valence-corrected chi connectivity index (χ0v) is 11.4. The molecule has 1 unspecified atom stereocenters. The molecule has 0 aromatic heterocycles. The minimum Gasteiger partial charge on any atom is -0.330 e. The van der Waals surface area contributed by atoms with E-state index in [1.807, 2.05) is 18.2 Å². The van der Waals surface area contributed by atoms with Gasteiger partial charge in [-0.25, -0.2) is 8.42 Å². The average Bonchev–Trinajstić information content (AvgIpc) is 2.27. The van der Waals surface area contributed by atoms with Crippen molar-refractivity contribution in [3.63, 3.8) is 0 Å². The van der Waals surface area contributed by atoms with Gasteiger partial charge in [0.25, 0.3) is 0 Å². The number of benzene rings is 1. The Morgan fingerprint density at radius 1 is 1.41 bits per heavy atom. The molecule has 17 heavy (non-hydrogen) atoms. The smallest absolute Gasteiger partial charge is 0.231 e. The Bertz CT molecular complexity index is 471. The standard InChI is InChI=1S/C12H20N2O2S/c1-10(7-8-13)11-5-4-6-12(9-11)14(2)17(3,15)16/h4-6,9-10H,7-8,13H2,1-3H3. The SMILES string of the molecule is CC(CCN)c1cccc(N(C)S(C)(=O)=O)c1. The van der Waals surface area contributed by atoms with E-state index in [1.54, 1.807) is 13.1 Å². The zero-order valence-electron chi connectivity index (χ0n) is 10.6. The Labute approximate surface area is 103 Å². The second-order valence-electron chi connectivity index (χ2n) is 4.30. The summed E-state index contributed by atoms with van der Waals surface area (Å²) >= 11 is 0. The first-order valence-electron chi connectivity index (χ1n) is 5.60. The van der Waals surface area contributed by atoms with Gasteiger partial charge in [-0.05, 0) is 36.6 Å². The third-order valence-electron chi connectivity index (χ3n) is 2.90. The van der Waals surface area contributed by atoms with E-state index in [2.05, 4.69) is 6.92 Å². The number of rotatable bonds is 5. The second kappa shape index (κ2) is 5.51. The molecule has 2 N–H and O–H groups in total. The molecule has 0 aliphatic heterocycles. The zero-order chi connectivity index (χ0) is 13.1. The minimum absolute atomic E-state index is 0.341. The number of nitrogens with two attached hydrogens (primary N) is 1. The summed E-state index contributed by atoms with van der Waals surface area (Å²) in [5.41, 5.74) is 7.33. The fourth-order valence-corrected chi connectivity index (χ4v) is 2.13. The van der Waals surface area contributed by atoms with Crippen LogP contribution in [-0.4, -0.2) is 28.3 Å². The fourth-order valence-electron chi connectivity index (χ4n) is 1.64. The lowest BCUT2D eigenvalue weighted by Gasteiger charge is -2.19. The van der Waals surface area contributed by atoms with Crippen molar-refractivity contribution < 1.29 is 8.42 Å². The van der Waals surface area contributed by atoms with Crippen LogP contribution in [0.3, 0.4) is 0 Å². The number of hydrogen-bond donors (Lipinski definition) is 1. The maximum absolute atomic E-state index is 11.4. The molecule has 1 rings (SSSR count). The molecule has 0 bridgehead atoms. The molecular formula is C12H20N2O2S. The van der Waals surface area contributed by atoms with E-state index in [4.69, 9.17) is 5.73 Å². The maximum atomic E-state index is 11.4. The van der Waals surface area contributed by atoms with E-state index >= 15 is 0 Å². The van der Waals surface area contributed by atoms with Crippen molar-refractivity contribution in [2.24, 2.45) is 5.73 Å². The van der Waals surface area contributed by atoms with Gasteiger partial charge in [0.1, 0.15) is 0 Å². The van der Waals surface area contributed by atoms with E-state index < -0.39 is 10.0 Å². The van der Waals surface area contributed by atoms with Crippen LogP contribution in [-0.2, 0) is 10.0 Å². The van der Waals surface area contributed by atoms with Crippen molar-refractivity contribution in [2.45, 2.75) is 19.3 Å². The molecule has 0 aliphatic rings. The summed E-state index contributed by atoms with van der Waals surface area (Å²) < 4.78 is 24.2. The lowest BCUT2D eigenvalue weighted by Crippen LogP contribution is -2.24. The van der Waals surface area contributed by atoms with Crippen LogP contribution in [0.25, 0.3) is 0 Å². The van der Waals surface area contributed by atoms with Crippen molar-refractivity contribution >= 4 is 15.7 Å². The Kier molecular flexibility index (Phi) is 4.54. The number of nitrogens with zero attached hydrogens (tertiary/aromatic N) is 1. The van der Waals surface area contributed by atoms with Crippen molar-refractivity contribution in [3.8, 4) is 0 Å². The van der Waals surface area contributed by atoms with Gasteiger partial charge >= 0.3 is 0 Å². The highest BCUT2D eigenvalue weighted by Crippen LogP contribution is 2.24. The van der Waals surface area contributed by atoms with E-state index in [-0.39, 0.29) is 0 Å². The molecule has 0 radical (unpaired) electrons. The fraction of sp³-hybridized carbons (Fsp3) is 0.500. The van der Waals surface area contributed by atoms with Crippen LogP contribution in [0, 0.1) is 0 Å². The summed E-state index contributed by atoms with van der Waals surface area (Å²) in [4.78, 5) is 0. The molecule has 1 aromatic rings. The van der Waals surface area contributed by atoms with Crippen molar-refractivity contribution in [1.29, 1.82) is 0 Å². The van der Waals surface area contributed by atoms with Crippen molar-refractivity contribution in [2.75, 3.05) is 24.2 Å². The molecule has 0 saturated heterocycles. The number of sulfonamides is 1. The molecule has 0 aliphatic carbocycles. The summed E-state index contributed by atoms with van der Waals surface area (Å²) in [5.74, 6) is 0.341. The first-order valence-corrected chi connectivity index (χ1v) is 7.45. The van der Waals surface area contributed by atoms with Gasteiger partial charge in [0.2, 0.25) is 10.0 Å². The lowest BCUT2D eigenvalue weighted by atomic mass is 9.97. The monoisotopic (exact) mass is 256 g/mol. The Balaban J connectivity index is 3.01. The summed E-state index contributed by atoms with van der Waals surface area (Å²) in [7, 11) is -1.64. The highest BCUT2D eigenvalue weighted by molar-refractivity contribution is 7.92. The first kappa shape index (κ1) is 14.0. The molecule has 4 nitrogen and oxygen atoms in total. The summed E-state index contributed by atoms with van der Waals surface area (Å²) in [6.07, 6.45) is 2.09. The highest BCUT2D eigenvalue weighted by Gasteiger charge is 2.13. The van der Waals surface area contributed by atoms with Crippen LogP contribution in [0.5, 0.6) is 0 Å². The topological polar surface area (TPSA) is 63.4 Å². The third-order valence-corrected chi connectivity index (χ3v) is 4.11. The van der Waals surface area contributed by atoms with Gasteiger partial charge in [0, 0.05) is 7.05 Å². The van der Waals surface area contributed by atoms with Crippen LogP contribution in [0.15, 0.2) is 24.3 Å².